The summed E-state index contributed by atoms with van der Waals surface area (Å²) < 4.78 is 12.0. The van der Waals surface area contributed by atoms with E-state index in [4.69, 9.17) is 15.2 Å². The molecule has 12 heteroatoms. The third-order valence-electron chi connectivity index (χ3n) is 9.06. The van der Waals surface area contributed by atoms with Crippen molar-refractivity contribution < 1.29 is 19.1 Å². The Morgan fingerprint density at radius 3 is 2.06 bits per heavy atom. The van der Waals surface area contributed by atoms with Crippen molar-refractivity contribution in [3.8, 4) is 23.1 Å². The minimum Gasteiger partial charge on any atom is -0.457 e. The molecule has 12 nitrogen and oxygen atoms in total. The first-order valence-electron chi connectivity index (χ1n) is 16.8. The van der Waals surface area contributed by atoms with Crippen LogP contribution in [0, 0.1) is 5.41 Å². The van der Waals surface area contributed by atoms with E-state index in [1.165, 1.54) is 30.1 Å². The third-order valence-corrected chi connectivity index (χ3v) is 9.06. The summed E-state index contributed by atoms with van der Waals surface area (Å²) in [4.78, 5) is 43.0. The van der Waals surface area contributed by atoms with Gasteiger partial charge in [-0.2, -0.15) is 0 Å². The van der Waals surface area contributed by atoms with Crippen molar-refractivity contribution in [1.82, 2.24) is 29.6 Å². The number of benzene rings is 2. The van der Waals surface area contributed by atoms with Crippen LogP contribution >= 0.6 is 0 Å². The van der Waals surface area contributed by atoms with Gasteiger partial charge in [-0.25, -0.2) is 9.97 Å². The van der Waals surface area contributed by atoms with Crippen LogP contribution in [0.1, 0.15) is 37.7 Å². The summed E-state index contributed by atoms with van der Waals surface area (Å²) in [6.45, 7) is 2.06. The number of carbonyl (C=O) groups excluding carboxylic acids is 2. The lowest BCUT2D eigenvalue weighted by atomic mass is 10.1. The van der Waals surface area contributed by atoms with E-state index in [0.29, 0.717) is 55.4 Å². The molecule has 1 saturated heterocycles. The number of para-hydroxylation sites is 1. The Bertz CT molecular complexity index is 1690. The van der Waals surface area contributed by atoms with E-state index in [0.717, 1.165) is 12.8 Å². The van der Waals surface area contributed by atoms with Crippen LogP contribution < -0.4 is 15.2 Å². The molecule has 6 rings (SSSR count). The van der Waals surface area contributed by atoms with Gasteiger partial charge in [-0.1, -0.05) is 30.4 Å². The van der Waals surface area contributed by atoms with Gasteiger partial charge in [0, 0.05) is 50.4 Å². The first kappa shape index (κ1) is 33.8. The lowest BCUT2D eigenvalue weighted by Crippen LogP contribution is -2.46. The number of ether oxygens (including phenoxy) is 2. The maximum absolute atomic E-state index is 13.9. The van der Waals surface area contributed by atoms with E-state index in [-0.39, 0.29) is 41.5 Å². The van der Waals surface area contributed by atoms with E-state index in [2.05, 4.69) is 26.8 Å². The molecular weight excluding hydrogens is 620 g/mol. The minimum absolute atomic E-state index is 0.00271. The van der Waals surface area contributed by atoms with E-state index in [1.807, 2.05) is 49.5 Å². The van der Waals surface area contributed by atoms with Gasteiger partial charge in [-0.3, -0.25) is 29.7 Å². The van der Waals surface area contributed by atoms with Crippen molar-refractivity contribution in [1.29, 1.82) is 5.41 Å². The van der Waals surface area contributed by atoms with Crippen LogP contribution in [0.2, 0.25) is 0 Å². The van der Waals surface area contributed by atoms with Crippen LogP contribution in [0.25, 0.3) is 0 Å². The fourth-order valence-electron chi connectivity index (χ4n) is 5.89. The number of likely N-dealkylation sites (tertiary alicyclic amines) is 1. The van der Waals surface area contributed by atoms with Crippen molar-refractivity contribution in [3.05, 3.63) is 90.8 Å². The van der Waals surface area contributed by atoms with Gasteiger partial charge in [-0.05, 0) is 82.6 Å². The van der Waals surface area contributed by atoms with Crippen LogP contribution in [0.4, 0.5) is 5.82 Å². The van der Waals surface area contributed by atoms with Crippen molar-refractivity contribution in [2.24, 2.45) is 0 Å². The summed E-state index contributed by atoms with van der Waals surface area (Å²) in [6.07, 6.45) is 13.3. The molecule has 256 valence electrons. The second-order valence-corrected chi connectivity index (χ2v) is 12.9. The number of hydrogen-bond donors (Lipinski definition) is 2. The van der Waals surface area contributed by atoms with Gasteiger partial charge in [0.2, 0.25) is 11.8 Å². The van der Waals surface area contributed by atoms with Gasteiger partial charge in [0.05, 0.1) is 6.04 Å². The first-order valence-corrected chi connectivity index (χ1v) is 16.8. The summed E-state index contributed by atoms with van der Waals surface area (Å²) in [7, 11) is 4.10. The number of aromatic nitrogens is 2. The quantitative estimate of drug-likeness (QED) is 0.143. The Morgan fingerprint density at radius 2 is 1.43 bits per heavy atom. The molecule has 3 aromatic rings. The number of hydrogen-bond acceptors (Lipinski definition) is 10. The standard InChI is InChI=1S/C37H44N8O4/c1-42(26-12-13-26)21-6-10-32(46)44-23-20-28(24-44)45(33(47)11-7-22-43(2)27-14-15-27)36(39)34-35(38)40-25-41-37(34)49-31-18-16-30(17-19-31)48-29-8-4-3-5-9-29/h3-11,16-19,25-28,39H,12-15,20-24H2,1-2H3,(H2,38,40,41)/b10-6+,11-7+,39-36?/t28-/m1/s1. The molecule has 1 aromatic heterocycles. The number of nitrogen functional groups attached to an aromatic ring is 1. The third kappa shape index (κ3) is 8.89. The number of carbonyl (C=O) groups is 2. The van der Waals surface area contributed by atoms with Crippen LogP contribution in [-0.2, 0) is 9.59 Å². The summed E-state index contributed by atoms with van der Waals surface area (Å²) in [5.74, 6) is 1.12. The van der Waals surface area contributed by atoms with Crippen LogP contribution in [0.3, 0.4) is 0 Å². The van der Waals surface area contributed by atoms with Crippen molar-refractivity contribution >= 4 is 23.5 Å². The predicted molar refractivity (Wildman–Crippen MR) is 188 cm³/mol. The molecule has 2 amide bonds. The second kappa shape index (κ2) is 15.4. The van der Waals surface area contributed by atoms with Gasteiger partial charge in [0.1, 0.15) is 40.8 Å². The monoisotopic (exact) mass is 664 g/mol. The zero-order valence-corrected chi connectivity index (χ0v) is 28.1. The lowest BCUT2D eigenvalue weighted by Gasteiger charge is -2.29. The average molecular weight is 665 g/mol. The zero-order chi connectivity index (χ0) is 34.3. The molecule has 0 spiro atoms. The van der Waals surface area contributed by atoms with E-state index < -0.39 is 6.04 Å². The average Bonchev–Trinajstić information content (AvgIpc) is 4.04. The molecule has 3 fully saturated rings. The number of amidine groups is 1. The molecule has 0 unspecified atom stereocenters. The summed E-state index contributed by atoms with van der Waals surface area (Å²) in [5.41, 5.74) is 6.45. The molecule has 1 atom stereocenters. The van der Waals surface area contributed by atoms with E-state index in [1.54, 1.807) is 35.2 Å². The first-order chi connectivity index (χ1) is 23.8. The van der Waals surface area contributed by atoms with Crippen LogP contribution in [-0.4, -0.2) is 106 Å². The molecule has 3 N–H and O–H groups in total. The van der Waals surface area contributed by atoms with E-state index in [9.17, 15) is 15.0 Å². The molecule has 49 heavy (non-hydrogen) atoms. The molecule has 0 radical (unpaired) electrons. The highest BCUT2D eigenvalue weighted by Gasteiger charge is 2.36. The summed E-state index contributed by atoms with van der Waals surface area (Å²) >= 11 is 0. The number of amides is 2. The van der Waals surface area contributed by atoms with Gasteiger partial charge >= 0.3 is 0 Å². The molecule has 3 aliphatic rings. The number of nitrogens with zero attached hydrogens (tertiary/aromatic N) is 6. The van der Waals surface area contributed by atoms with Gasteiger partial charge in [0.15, 0.2) is 0 Å². The molecule has 2 aliphatic carbocycles. The normalized spacial score (nSPS) is 17.7. The van der Waals surface area contributed by atoms with Crippen LogP contribution in [0.15, 0.2) is 85.2 Å². The smallest absolute Gasteiger partial charge is 0.252 e. The Hall–Kier alpha value is -5.07. The molecule has 1 aliphatic heterocycles. The predicted octanol–water partition coefficient (Wildman–Crippen LogP) is 4.70. The Balaban J connectivity index is 1.19. The zero-order valence-electron chi connectivity index (χ0n) is 28.1. The van der Waals surface area contributed by atoms with Crippen molar-refractivity contribution in [2.75, 3.05) is 46.0 Å². The van der Waals surface area contributed by atoms with Gasteiger partial charge in [0.25, 0.3) is 5.91 Å². The number of nitrogens with one attached hydrogen (secondary N) is 1. The van der Waals surface area contributed by atoms with Gasteiger partial charge in [-0.15, -0.1) is 0 Å². The Morgan fingerprint density at radius 1 is 0.837 bits per heavy atom. The fraction of sp³-hybridized carbons (Fsp3) is 0.378. The summed E-state index contributed by atoms with van der Waals surface area (Å²) in [6, 6.07) is 17.1. The lowest BCUT2D eigenvalue weighted by molar-refractivity contribution is -0.127. The number of anilines is 1. The highest BCUT2D eigenvalue weighted by Crippen LogP contribution is 2.31. The topological polar surface area (TPSA) is 141 Å². The number of likely N-dealkylation sites (N-methyl/N-ethyl adjacent to an activating group) is 2. The van der Waals surface area contributed by atoms with Gasteiger partial charge < -0.3 is 20.1 Å². The van der Waals surface area contributed by atoms with Crippen molar-refractivity contribution in [2.45, 2.75) is 50.2 Å². The molecule has 2 saturated carbocycles. The SMILES string of the molecule is CN(C/C=C/C(=O)N1CC[C@@H](N(C(=N)c2c(N)ncnc2Oc2ccc(Oc3ccccc3)cc2)C(=O)/C=C/CN(C)C2CC2)C1)C1CC1. The molecule has 2 aromatic carbocycles. The Kier molecular flexibility index (Phi) is 10.7. The van der Waals surface area contributed by atoms with Crippen molar-refractivity contribution in [3.63, 3.8) is 0 Å². The number of nitrogens with two attached hydrogens (primary N) is 1. The minimum atomic E-state index is -0.459. The maximum Gasteiger partial charge on any atom is 0.252 e. The highest BCUT2D eigenvalue weighted by molar-refractivity contribution is 6.12. The molecule has 2 heterocycles. The maximum atomic E-state index is 13.9. The molecular formula is C37H44N8O4. The highest BCUT2D eigenvalue weighted by atomic mass is 16.5. The molecule has 0 bridgehead atoms. The second-order valence-electron chi connectivity index (χ2n) is 12.9. The largest absolute Gasteiger partial charge is 0.457 e. The Labute approximate surface area is 287 Å². The van der Waals surface area contributed by atoms with E-state index >= 15 is 0 Å². The fourth-order valence-corrected chi connectivity index (χ4v) is 5.89. The van der Waals surface area contributed by atoms with Crippen LogP contribution in [0.5, 0.6) is 23.1 Å². The summed E-state index contributed by atoms with van der Waals surface area (Å²) in [5, 5.41) is 9.34. The number of rotatable bonds is 14.